The molecule has 5 nitrogen and oxygen atoms in total. The molecular formula is C21H28N2O3S. The van der Waals surface area contributed by atoms with Crippen LogP contribution in [0, 0.1) is 40.5 Å². The molecule has 0 unspecified atom stereocenters. The van der Waals surface area contributed by atoms with Crippen molar-refractivity contribution < 1.29 is 13.2 Å². The zero-order valence-corrected chi connectivity index (χ0v) is 17.8. The first kappa shape index (κ1) is 21.0. The molecule has 0 bridgehead atoms. The van der Waals surface area contributed by atoms with Gasteiger partial charge in [0, 0.05) is 17.3 Å². The highest BCUT2D eigenvalue weighted by molar-refractivity contribution is 7.92. The smallest absolute Gasteiger partial charge is 0.262 e. The van der Waals surface area contributed by atoms with Gasteiger partial charge in [0.2, 0.25) is 5.91 Å². The van der Waals surface area contributed by atoms with Gasteiger partial charge in [-0.25, -0.2) is 8.42 Å². The number of benzene rings is 2. The van der Waals surface area contributed by atoms with E-state index in [1.165, 1.54) is 0 Å². The Kier molecular flexibility index (Phi) is 6.00. The summed E-state index contributed by atoms with van der Waals surface area (Å²) >= 11 is 0. The van der Waals surface area contributed by atoms with Gasteiger partial charge in [-0.05, 0) is 86.7 Å². The number of nitrogens with one attached hydrogen (secondary N) is 2. The van der Waals surface area contributed by atoms with Gasteiger partial charge in [0.1, 0.15) is 0 Å². The number of amides is 1. The molecule has 0 saturated carbocycles. The van der Waals surface area contributed by atoms with Crippen LogP contribution in [0.3, 0.4) is 0 Å². The molecule has 146 valence electrons. The minimum absolute atomic E-state index is 0.0832. The molecule has 27 heavy (non-hydrogen) atoms. The molecule has 0 heterocycles. The van der Waals surface area contributed by atoms with E-state index in [4.69, 9.17) is 0 Å². The molecule has 0 aliphatic carbocycles. The largest absolute Gasteiger partial charge is 0.326 e. The Morgan fingerprint density at radius 2 is 1.19 bits per heavy atom. The topological polar surface area (TPSA) is 75.3 Å². The lowest BCUT2D eigenvalue weighted by Crippen LogP contribution is -2.18. The first-order chi connectivity index (χ1) is 12.5. The molecule has 2 N–H and O–H groups in total. The third kappa shape index (κ3) is 4.33. The highest BCUT2D eigenvalue weighted by Crippen LogP contribution is 2.31. The Bertz CT molecular complexity index is 946. The van der Waals surface area contributed by atoms with Crippen LogP contribution >= 0.6 is 0 Å². The second kappa shape index (κ2) is 7.72. The highest BCUT2D eigenvalue weighted by atomic mass is 32.2. The lowest BCUT2D eigenvalue weighted by atomic mass is 9.95. The van der Waals surface area contributed by atoms with Crippen molar-refractivity contribution in [2.45, 2.75) is 53.4 Å². The van der Waals surface area contributed by atoms with Crippen LogP contribution in [0.25, 0.3) is 0 Å². The summed E-state index contributed by atoms with van der Waals surface area (Å²) in [5.41, 5.74) is 5.72. The molecule has 0 aromatic heterocycles. The number of carbonyl (C=O) groups excluding carboxylic acids is 1. The normalized spacial score (nSPS) is 11.6. The number of sulfonamides is 1. The van der Waals surface area contributed by atoms with Gasteiger partial charge >= 0.3 is 0 Å². The van der Waals surface area contributed by atoms with Crippen LogP contribution < -0.4 is 10.0 Å². The van der Waals surface area contributed by atoms with Crippen molar-refractivity contribution in [1.29, 1.82) is 0 Å². The van der Waals surface area contributed by atoms with Crippen molar-refractivity contribution >= 4 is 27.3 Å². The minimum atomic E-state index is -3.72. The predicted octanol–water partition coefficient (Wildman–Crippen LogP) is 4.62. The summed E-state index contributed by atoms with van der Waals surface area (Å²) in [4.78, 5) is 12.1. The van der Waals surface area contributed by atoms with E-state index in [0.29, 0.717) is 16.3 Å². The van der Waals surface area contributed by atoms with Crippen LogP contribution in [0.1, 0.15) is 41.7 Å². The zero-order valence-electron chi connectivity index (χ0n) is 17.0. The third-order valence-electron chi connectivity index (χ3n) is 5.13. The maximum Gasteiger partial charge on any atom is 0.262 e. The molecule has 0 radical (unpaired) electrons. The van der Waals surface area contributed by atoms with Gasteiger partial charge in [0.25, 0.3) is 10.0 Å². The van der Waals surface area contributed by atoms with Crippen LogP contribution in [0.15, 0.2) is 29.2 Å². The quantitative estimate of drug-likeness (QED) is 0.784. The lowest BCUT2D eigenvalue weighted by molar-refractivity contribution is -0.118. The first-order valence-electron chi connectivity index (χ1n) is 8.96. The average Bonchev–Trinajstić information content (AvgIpc) is 2.59. The Morgan fingerprint density at radius 3 is 1.63 bits per heavy atom. The number of carbonyl (C=O) groups is 1. The molecule has 2 rings (SSSR count). The van der Waals surface area contributed by atoms with Gasteiger partial charge in [-0.1, -0.05) is 13.8 Å². The Hall–Kier alpha value is -2.34. The second-order valence-electron chi connectivity index (χ2n) is 7.28. The molecule has 0 saturated heterocycles. The van der Waals surface area contributed by atoms with Crippen LogP contribution in [-0.2, 0) is 14.8 Å². The Labute approximate surface area is 162 Å². The summed E-state index contributed by atoms with van der Waals surface area (Å²) in [6, 6.07) is 6.66. The van der Waals surface area contributed by atoms with Gasteiger partial charge in [0.15, 0.2) is 0 Å². The summed E-state index contributed by atoms with van der Waals surface area (Å²) in [6.07, 6.45) is 0. The molecule has 2 aromatic rings. The fraction of sp³-hybridized carbons (Fsp3) is 0.381. The van der Waals surface area contributed by atoms with E-state index >= 15 is 0 Å². The highest BCUT2D eigenvalue weighted by Gasteiger charge is 2.23. The van der Waals surface area contributed by atoms with Crippen LogP contribution in [-0.4, -0.2) is 14.3 Å². The fourth-order valence-electron chi connectivity index (χ4n) is 2.98. The van der Waals surface area contributed by atoms with Gasteiger partial charge < -0.3 is 5.32 Å². The van der Waals surface area contributed by atoms with Gasteiger partial charge in [0.05, 0.1) is 4.90 Å². The Morgan fingerprint density at radius 1 is 0.778 bits per heavy atom. The van der Waals surface area contributed by atoms with Crippen molar-refractivity contribution in [2.24, 2.45) is 5.92 Å². The van der Waals surface area contributed by atoms with E-state index in [9.17, 15) is 13.2 Å². The summed E-state index contributed by atoms with van der Waals surface area (Å²) in [5, 5.41) is 2.79. The van der Waals surface area contributed by atoms with E-state index in [1.54, 1.807) is 24.3 Å². The maximum absolute atomic E-state index is 13.0. The molecule has 0 fully saturated rings. The predicted molar refractivity (Wildman–Crippen MR) is 111 cm³/mol. The minimum Gasteiger partial charge on any atom is -0.326 e. The van der Waals surface area contributed by atoms with Crippen molar-refractivity contribution in [2.75, 3.05) is 10.0 Å². The summed E-state index contributed by atoms with van der Waals surface area (Å²) < 4.78 is 28.7. The summed E-state index contributed by atoms with van der Waals surface area (Å²) in [5.74, 6) is -0.206. The molecule has 0 aliphatic heterocycles. The van der Waals surface area contributed by atoms with E-state index < -0.39 is 10.0 Å². The number of hydrogen-bond donors (Lipinski definition) is 2. The van der Waals surface area contributed by atoms with Crippen LogP contribution in [0.4, 0.5) is 11.4 Å². The van der Waals surface area contributed by atoms with Crippen molar-refractivity contribution in [1.82, 2.24) is 0 Å². The molecule has 2 aromatic carbocycles. The van der Waals surface area contributed by atoms with Crippen molar-refractivity contribution in [3.63, 3.8) is 0 Å². The number of rotatable bonds is 5. The van der Waals surface area contributed by atoms with Crippen LogP contribution in [0.5, 0.6) is 0 Å². The van der Waals surface area contributed by atoms with Crippen LogP contribution in [0.2, 0.25) is 0 Å². The first-order valence-corrected chi connectivity index (χ1v) is 10.4. The third-order valence-corrected chi connectivity index (χ3v) is 6.78. The number of anilines is 2. The van der Waals surface area contributed by atoms with E-state index in [1.807, 2.05) is 48.5 Å². The van der Waals surface area contributed by atoms with Gasteiger partial charge in [-0.2, -0.15) is 0 Å². The maximum atomic E-state index is 13.0. The Balaban J connectivity index is 2.34. The van der Waals surface area contributed by atoms with Gasteiger partial charge in [-0.15, -0.1) is 0 Å². The molecule has 0 atom stereocenters. The molecule has 0 aliphatic rings. The van der Waals surface area contributed by atoms with Crippen molar-refractivity contribution in [3.05, 3.63) is 52.1 Å². The molecular weight excluding hydrogens is 360 g/mol. The molecule has 0 spiro atoms. The number of hydrogen-bond acceptors (Lipinski definition) is 3. The monoisotopic (exact) mass is 388 g/mol. The molecule has 6 heteroatoms. The summed E-state index contributed by atoms with van der Waals surface area (Å²) in [6.45, 7) is 13.2. The standard InChI is InChI=1S/C21H28N2O3S/c1-12(2)21(24)22-18-8-10-19(11-9-18)23-27(25,26)20-16(6)14(4)13(3)15(5)17(20)7/h8-12,23H,1-7H3,(H,22,24). The SMILES string of the molecule is Cc1c(C)c(C)c(S(=O)(=O)Nc2ccc(NC(=O)C(C)C)cc2)c(C)c1C. The zero-order chi connectivity index (χ0) is 20.5. The van der Waals surface area contributed by atoms with E-state index in [0.717, 1.165) is 27.8 Å². The second-order valence-corrected chi connectivity index (χ2v) is 8.90. The fourth-order valence-corrected chi connectivity index (χ4v) is 4.64. The molecule has 1 amide bonds. The van der Waals surface area contributed by atoms with Crippen molar-refractivity contribution in [3.8, 4) is 0 Å². The summed E-state index contributed by atoms with van der Waals surface area (Å²) in [7, 11) is -3.72. The van der Waals surface area contributed by atoms with E-state index in [-0.39, 0.29) is 11.8 Å². The van der Waals surface area contributed by atoms with Gasteiger partial charge in [-0.3, -0.25) is 9.52 Å². The lowest BCUT2D eigenvalue weighted by Gasteiger charge is -2.19. The van der Waals surface area contributed by atoms with E-state index in [2.05, 4.69) is 10.0 Å². The average molecular weight is 389 g/mol.